The van der Waals surface area contributed by atoms with E-state index < -0.39 is 0 Å². The molecule has 2 aliphatic rings. The van der Waals surface area contributed by atoms with Crippen LogP contribution >= 0.6 is 15.9 Å². The number of halogens is 1. The van der Waals surface area contributed by atoms with Crippen LogP contribution in [-0.2, 0) is 4.74 Å². The van der Waals surface area contributed by atoms with Crippen molar-refractivity contribution in [1.82, 2.24) is 4.90 Å². The minimum Gasteiger partial charge on any atom is -0.457 e. The molecule has 1 N–H and O–H groups in total. The van der Waals surface area contributed by atoms with Gasteiger partial charge in [0, 0.05) is 12.5 Å². The molecule has 1 saturated carbocycles. The molecule has 0 bridgehead atoms. The molecular weight excluding hydrogens is 326 g/mol. The Kier molecular flexibility index (Phi) is 4.14. The van der Waals surface area contributed by atoms with E-state index in [2.05, 4.69) is 15.9 Å². The highest BCUT2D eigenvalue weighted by atomic mass is 79.9. The highest BCUT2D eigenvalue weighted by molar-refractivity contribution is 9.10. The van der Waals surface area contributed by atoms with Gasteiger partial charge in [0.05, 0.1) is 37.2 Å². The number of aliphatic hydroxyl groups excluding tert-OH is 1. The van der Waals surface area contributed by atoms with Crippen LogP contribution in [0.15, 0.2) is 21.4 Å². The van der Waals surface area contributed by atoms with Crippen molar-refractivity contribution in [2.24, 2.45) is 5.92 Å². The summed E-state index contributed by atoms with van der Waals surface area (Å²) in [6, 6.07) is 1.62. The lowest BCUT2D eigenvalue weighted by Crippen LogP contribution is -2.53. The van der Waals surface area contributed by atoms with E-state index in [0.717, 1.165) is 19.3 Å². The van der Waals surface area contributed by atoms with Crippen LogP contribution in [0, 0.1) is 5.92 Å². The van der Waals surface area contributed by atoms with Gasteiger partial charge in [0.25, 0.3) is 5.91 Å². The Morgan fingerprint density at radius 3 is 2.95 bits per heavy atom. The first-order valence-corrected chi connectivity index (χ1v) is 7.77. The zero-order valence-electron chi connectivity index (χ0n) is 11.1. The topological polar surface area (TPSA) is 62.9 Å². The molecule has 3 unspecified atom stereocenters. The molecule has 1 aliphatic carbocycles. The molecule has 1 aromatic heterocycles. The van der Waals surface area contributed by atoms with Gasteiger partial charge in [-0.05, 0) is 34.8 Å². The number of furan rings is 1. The Bertz CT molecular complexity index is 489. The lowest BCUT2D eigenvalue weighted by atomic mass is 9.94. The number of morpholine rings is 1. The van der Waals surface area contributed by atoms with Gasteiger partial charge in [0.15, 0.2) is 4.67 Å². The van der Waals surface area contributed by atoms with Crippen molar-refractivity contribution < 1.29 is 19.1 Å². The lowest BCUT2D eigenvalue weighted by Gasteiger charge is -2.40. The predicted octanol–water partition coefficient (Wildman–Crippen LogP) is 2.04. The third kappa shape index (κ3) is 2.52. The number of rotatable bonds is 2. The lowest BCUT2D eigenvalue weighted by molar-refractivity contribution is -0.0384. The molecule has 3 atom stereocenters. The van der Waals surface area contributed by atoms with E-state index in [-0.39, 0.29) is 24.0 Å². The van der Waals surface area contributed by atoms with Crippen molar-refractivity contribution in [3.05, 3.63) is 22.6 Å². The zero-order chi connectivity index (χ0) is 14.1. The number of ether oxygens (including phenoxy) is 1. The van der Waals surface area contributed by atoms with Crippen molar-refractivity contribution in [2.45, 2.75) is 31.4 Å². The molecule has 2 heterocycles. The van der Waals surface area contributed by atoms with E-state index in [1.54, 1.807) is 6.07 Å². The minimum absolute atomic E-state index is 0.0458. The van der Waals surface area contributed by atoms with Crippen LogP contribution in [-0.4, -0.2) is 47.8 Å². The van der Waals surface area contributed by atoms with Gasteiger partial charge in [-0.1, -0.05) is 6.42 Å². The fourth-order valence-corrected chi connectivity index (χ4v) is 3.66. The molecule has 20 heavy (non-hydrogen) atoms. The van der Waals surface area contributed by atoms with Crippen LogP contribution in [0.2, 0.25) is 0 Å². The third-order valence-electron chi connectivity index (χ3n) is 4.30. The fourth-order valence-electron chi connectivity index (χ4n) is 3.25. The smallest absolute Gasteiger partial charge is 0.258 e. The van der Waals surface area contributed by atoms with Gasteiger partial charge >= 0.3 is 0 Å². The molecule has 0 aromatic carbocycles. The molecule has 0 spiro atoms. The quantitative estimate of drug-likeness (QED) is 0.892. The average molecular weight is 344 g/mol. The maximum atomic E-state index is 12.7. The molecule has 6 heteroatoms. The average Bonchev–Trinajstić information content (AvgIpc) is 3.06. The number of aliphatic hydroxyl groups is 1. The molecule has 1 saturated heterocycles. The van der Waals surface area contributed by atoms with Crippen LogP contribution in [0.4, 0.5) is 0 Å². The summed E-state index contributed by atoms with van der Waals surface area (Å²) in [6.45, 7) is 1.60. The number of carbonyl (C=O) groups is 1. The maximum Gasteiger partial charge on any atom is 0.258 e. The SMILES string of the molecule is O=C(c1ccoc1Br)N1CCOCC1C1CCCC1O. The Morgan fingerprint density at radius 2 is 2.30 bits per heavy atom. The Hall–Kier alpha value is -0.850. The van der Waals surface area contributed by atoms with Crippen LogP contribution in [0.25, 0.3) is 0 Å². The van der Waals surface area contributed by atoms with E-state index in [1.165, 1.54) is 6.26 Å². The molecule has 0 radical (unpaired) electrons. The van der Waals surface area contributed by atoms with Gasteiger partial charge in [0.2, 0.25) is 0 Å². The van der Waals surface area contributed by atoms with E-state index in [1.807, 2.05) is 4.90 Å². The number of hydrogen-bond donors (Lipinski definition) is 1. The van der Waals surface area contributed by atoms with Crippen LogP contribution in [0.5, 0.6) is 0 Å². The number of nitrogens with zero attached hydrogens (tertiary/aromatic N) is 1. The number of carbonyl (C=O) groups excluding carboxylic acids is 1. The van der Waals surface area contributed by atoms with Crippen molar-refractivity contribution in [2.75, 3.05) is 19.8 Å². The van der Waals surface area contributed by atoms with E-state index in [0.29, 0.717) is 30.0 Å². The largest absolute Gasteiger partial charge is 0.457 e. The second-order valence-corrected chi connectivity index (χ2v) is 6.13. The first kappa shape index (κ1) is 14.1. The fraction of sp³-hybridized carbons (Fsp3) is 0.643. The summed E-state index contributed by atoms with van der Waals surface area (Å²) >= 11 is 3.25. The van der Waals surface area contributed by atoms with Gasteiger partial charge in [0.1, 0.15) is 0 Å². The van der Waals surface area contributed by atoms with E-state index in [4.69, 9.17) is 9.15 Å². The molecular formula is C14H18BrNO4. The molecule has 2 fully saturated rings. The van der Waals surface area contributed by atoms with Crippen LogP contribution in [0.3, 0.4) is 0 Å². The summed E-state index contributed by atoms with van der Waals surface area (Å²) in [4.78, 5) is 14.5. The van der Waals surface area contributed by atoms with Crippen molar-refractivity contribution in [3.63, 3.8) is 0 Å². The second-order valence-electron chi connectivity index (χ2n) is 5.41. The summed E-state index contributed by atoms with van der Waals surface area (Å²) in [6.07, 6.45) is 3.95. The van der Waals surface area contributed by atoms with E-state index in [9.17, 15) is 9.90 Å². The summed E-state index contributed by atoms with van der Waals surface area (Å²) in [5, 5.41) is 10.1. The predicted molar refractivity (Wildman–Crippen MR) is 75.4 cm³/mol. The summed E-state index contributed by atoms with van der Waals surface area (Å²) < 4.78 is 11.1. The maximum absolute atomic E-state index is 12.7. The minimum atomic E-state index is -0.329. The van der Waals surface area contributed by atoms with Crippen molar-refractivity contribution >= 4 is 21.8 Å². The Balaban J connectivity index is 1.82. The third-order valence-corrected chi connectivity index (χ3v) is 4.91. The number of amides is 1. The highest BCUT2D eigenvalue weighted by Gasteiger charge is 2.40. The Morgan fingerprint density at radius 1 is 1.45 bits per heavy atom. The van der Waals surface area contributed by atoms with Gasteiger partial charge < -0.3 is 19.2 Å². The monoisotopic (exact) mass is 343 g/mol. The van der Waals surface area contributed by atoms with Gasteiger partial charge in [-0.25, -0.2) is 0 Å². The summed E-state index contributed by atoms with van der Waals surface area (Å²) in [7, 11) is 0. The number of hydrogen-bond acceptors (Lipinski definition) is 4. The summed E-state index contributed by atoms with van der Waals surface area (Å²) in [5.41, 5.74) is 0.532. The molecule has 1 aliphatic heterocycles. The van der Waals surface area contributed by atoms with Gasteiger partial charge in [-0.2, -0.15) is 0 Å². The normalized spacial score (nSPS) is 30.7. The summed E-state index contributed by atoms with van der Waals surface area (Å²) in [5.74, 6) is 0.0583. The second kappa shape index (κ2) is 5.87. The first-order chi connectivity index (χ1) is 9.68. The Labute approximate surface area is 126 Å². The molecule has 1 amide bonds. The first-order valence-electron chi connectivity index (χ1n) is 6.98. The van der Waals surface area contributed by atoms with Crippen LogP contribution in [0.1, 0.15) is 29.6 Å². The molecule has 1 aromatic rings. The highest BCUT2D eigenvalue weighted by Crippen LogP contribution is 2.33. The molecule has 3 rings (SSSR count). The molecule has 5 nitrogen and oxygen atoms in total. The van der Waals surface area contributed by atoms with Gasteiger partial charge in [-0.3, -0.25) is 4.79 Å². The van der Waals surface area contributed by atoms with E-state index >= 15 is 0 Å². The van der Waals surface area contributed by atoms with Crippen molar-refractivity contribution in [3.8, 4) is 0 Å². The van der Waals surface area contributed by atoms with Crippen LogP contribution < -0.4 is 0 Å². The van der Waals surface area contributed by atoms with Gasteiger partial charge in [-0.15, -0.1) is 0 Å². The van der Waals surface area contributed by atoms with Crippen molar-refractivity contribution in [1.29, 1.82) is 0 Å². The zero-order valence-corrected chi connectivity index (χ0v) is 12.7. The standard InChI is InChI=1S/C14H18BrNO4/c15-13-10(4-6-20-13)14(18)16-5-7-19-8-11(16)9-2-1-3-12(9)17/h4,6,9,11-12,17H,1-3,5,7-8H2. The molecule has 110 valence electrons.